The van der Waals surface area contributed by atoms with E-state index in [1.54, 1.807) is 14.2 Å². The molecule has 0 aliphatic heterocycles. The van der Waals surface area contributed by atoms with Crippen LogP contribution in [0.4, 0.5) is 0 Å². The van der Waals surface area contributed by atoms with Crippen LogP contribution in [0.2, 0.25) is 0 Å². The van der Waals surface area contributed by atoms with Crippen molar-refractivity contribution in [3.05, 3.63) is 46.8 Å². The Hall–Kier alpha value is -1.77. The molecule has 1 aromatic carbocycles. The molecule has 0 saturated heterocycles. The fraction of sp³-hybridized carbons (Fsp3) is 0.444. The molecular formula is C18H28IN5O. The van der Waals surface area contributed by atoms with E-state index in [2.05, 4.69) is 39.8 Å². The predicted octanol–water partition coefficient (Wildman–Crippen LogP) is 2.57. The first kappa shape index (κ1) is 21.3. The van der Waals surface area contributed by atoms with Gasteiger partial charge in [0.25, 0.3) is 0 Å². The smallest absolute Gasteiger partial charge is 0.191 e. The maximum atomic E-state index is 5.17. The molecule has 6 nitrogen and oxygen atoms in total. The maximum absolute atomic E-state index is 5.17. The van der Waals surface area contributed by atoms with Crippen molar-refractivity contribution in [1.82, 2.24) is 20.4 Å². The average molecular weight is 457 g/mol. The van der Waals surface area contributed by atoms with Crippen LogP contribution in [0.3, 0.4) is 0 Å². The van der Waals surface area contributed by atoms with Gasteiger partial charge in [-0.2, -0.15) is 5.10 Å². The lowest BCUT2D eigenvalue weighted by Gasteiger charge is -2.12. The summed E-state index contributed by atoms with van der Waals surface area (Å²) in [6.45, 7) is 5.64. The summed E-state index contributed by atoms with van der Waals surface area (Å²) in [5.74, 6) is 1.68. The molecule has 0 unspecified atom stereocenters. The lowest BCUT2D eigenvalue weighted by Crippen LogP contribution is -2.38. The lowest BCUT2D eigenvalue weighted by atomic mass is 10.1. The van der Waals surface area contributed by atoms with Crippen LogP contribution >= 0.6 is 24.0 Å². The standard InChI is InChI=1S/C18H27N5O.HI/c1-13-17(14(2)23(4)22-13)12-21-18(19-3)20-11-10-15-6-8-16(24-5)9-7-15;/h6-9H,10-12H2,1-5H3,(H2,19,20,21);1H. The van der Waals surface area contributed by atoms with E-state index in [0.29, 0.717) is 6.54 Å². The highest BCUT2D eigenvalue weighted by molar-refractivity contribution is 14.0. The summed E-state index contributed by atoms with van der Waals surface area (Å²) >= 11 is 0. The van der Waals surface area contributed by atoms with Gasteiger partial charge in [0, 0.05) is 38.4 Å². The number of aryl methyl sites for hydroxylation is 2. The van der Waals surface area contributed by atoms with E-state index in [1.807, 2.05) is 30.8 Å². The second-order valence-corrected chi connectivity index (χ2v) is 5.72. The van der Waals surface area contributed by atoms with Gasteiger partial charge in [-0.05, 0) is 38.0 Å². The molecule has 2 aromatic rings. The second-order valence-electron chi connectivity index (χ2n) is 5.72. The molecule has 0 atom stereocenters. The van der Waals surface area contributed by atoms with Crippen molar-refractivity contribution in [1.29, 1.82) is 0 Å². The Morgan fingerprint density at radius 1 is 1.20 bits per heavy atom. The number of hydrogen-bond acceptors (Lipinski definition) is 3. The number of aliphatic imine (C=N–C) groups is 1. The quantitative estimate of drug-likeness (QED) is 0.398. The number of aromatic nitrogens is 2. The lowest BCUT2D eigenvalue weighted by molar-refractivity contribution is 0.414. The Morgan fingerprint density at radius 2 is 1.88 bits per heavy atom. The molecule has 1 heterocycles. The SMILES string of the molecule is CN=C(NCCc1ccc(OC)cc1)NCc1c(C)nn(C)c1C.I. The highest BCUT2D eigenvalue weighted by atomic mass is 127. The van der Waals surface area contributed by atoms with Crippen LogP contribution in [-0.2, 0) is 20.0 Å². The molecule has 0 radical (unpaired) electrons. The van der Waals surface area contributed by atoms with Crippen LogP contribution in [0.15, 0.2) is 29.3 Å². The minimum Gasteiger partial charge on any atom is -0.497 e. The number of ether oxygens (including phenoxy) is 1. The minimum atomic E-state index is 0. The Labute approximate surface area is 167 Å². The van der Waals surface area contributed by atoms with Gasteiger partial charge in [-0.15, -0.1) is 24.0 Å². The summed E-state index contributed by atoms with van der Waals surface area (Å²) in [5, 5.41) is 11.1. The highest BCUT2D eigenvalue weighted by Gasteiger charge is 2.09. The molecule has 25 heavy (non-hydrogen) atoms. The Bertz CT molecular complexity index is 694. The third-order valence-corrected chi connectivity index (χ3v) is 4.18. The molecule has 2 rings (SSSR count). The van der Waals surface area contributed by atoms with E-state index in [0.717, 1.165) is 30.4 Å². The van der Waals surface area contributed by atoms with Crippen LogP contribution in [0, 0.1) is 13.8 Å². The normalized spacial score (nSPS) is 11.0. The molecule has 0 amide bonds. The summed E-state index contributed by atoms with van der Waals surface area (Å²) < 4.78 is 7.08. The van der Waals surface area contributed by atoms with Gasteiger partial charge in [-0.3, -0.25) is 9.67 Å². The van der Waals surface area contributed by atoms with Gasteiger partial charge in [0.2, 0.25) is 0 Å². The number of nitrogens with one attached hydrogen (secondary N) is 2. The van der Waals surface area contributed by atoms with E-state index in [4.69, 9.17) is 4.74 Å². The van der Waals surface area contributed by atoms with Crippen LogP contribution in [0.25, 0.3) is 0 Å². The molecule has 1 aromatic heterocycles. The van der Waals surface area contributed by atoms with Crippen LogP contribution in [0.1, 0.15) is 22.5 Å². The van der Waals surface area contributed by atoms with Gasteiger partial charge in [-0.25, -0.2) is 0 Å². The minimum absolute atomic E-state index is 0. The third kappa shape index (κ3) is 5.91. The van der Waals surface area contributed by atoms with E-state index >= 15 is 0 Å². The third-order valence-electron chi connectivity index (χ3n) is 4.18. The van der Waals surface area contributed by atoms with Gasteiger partial charge < -0.3 is 15.4 Å². The Balaban J connectivity index is 0.00000312. The van der Waals surface area contributed by atoms with Gasteiger partial charge in [-0.1, -0.05) is 12.1 Å². The van der Waals surface area contributed by atoms with Crippen molar-refractivity contribution < 1.29 is 4.74 Å². The summed E-state index contributed by atoms with van der Waals surface area (Å²) in [6.07, 6.45) is 0.926. The van der Waals surface area contributed by atoms with Gasteiger partial charge >= 0.3 is 0 Å². The zero-order chi connectivity index (χ0) is 17.5. The van der Waals surface area contributed by atoms with E-state index in [9.17, 15) is 0 Å². The molecule has 0 bridgehead atoms. The number of hydrogen-bond donors (Lipinski definition) is 2. The molecule has 138 valence electrons. The number of halogens is 1. The van der Waals surface area contributed by atoms with E-state index in [-0.39, 0.29) is 24.0 Å². The Kier molecular flexibility index (Phi) is 8.74. The zero-order valence-corrected chi connectivity index (χ0v) is 17.9. The maximum Gasteiger partial charge on any atom is 0.191 e. The summed E-state index contributed by atoms with van der Waals surface area (Å²) in [5.41, 5.74) is 4.71. The van der Waals surface area contributed by atoms with Gasteiger partial charge in [0.1, 0.15) is 5.75 Å². The molecule has 0 aliphatic carbocycles. The second kappa shape index (κ2) is 10.3. The van der Waals surface area contributed by atoms with Crippen molar-refractivity contribution in [3.63, 3.8) is 0 Å². The number of nitrogens with zero attached hydrogens (tertiary/aromatic N) is 3. The summed E-state index contributed by atoms with van der Waals surface area (Å²) in [7, 11) is 5.43. The van der Waals surface area contributed by atoms with Crippen LogP contribution in [-0.4, -0.2) is 36.4 Å². The summed E-state index contributed by atoms with van der Waals surface area (Å²) in [4.78, 5) is 4.28. The average Bonchev–Trinajstić information content (AvgIpc) is 2.84. The first-order valence-electron chi connectivity index (χ1n) is 8.11. The number of methoxy groups -OCH3 is 1. The molecule has 0 saturated carbocycles. The molecule has 2 N–H and O–H groups in total. The highest BCUT2D eigenvalue weighted by Crippen LogP contribution is 2.12. The zero-order valence-electron chi connectivity index (χ0n) is 15.6. The monoisotopic (exact) mass is 457 g/mol. The molecule has 0 fully saturated rings. The first-order valence-corrected chi connectivity index (χ1v) is 8.11. The van der Waals surface area contributed by atoms with Crippen LogP contribution in [0.5, 0.6) is 5.75 Å². The van der Waals surface area contributed by atoms with E-state index in [1.165, 1.54) is 16.8 Å². The fourth-order valence-corrected chi connectivity index (χ4v) is 2.58. The number of benzene rings is 1. The number of guanidine groups is 1. The molecular weight excluding hydrogens is 429 g/mol. The largest absolute Gasteiger partial charge is 0.497 e. The van der Waals surface area contributed by atoms with Crippen molar-refractivity contribution in [2.45, 2.75) is 26.8 Å². The predicted molar refractivity (Wildman–Crippen MR) is 113 cm³/mol. The first-order chi connectivity index (χ1) is 11.5. The summed E-state index contributed by atoms with van der Waals surface area (Å²) in [6, 6.07) is 8.13. The van der Waals surface area contributed by atoms with Crippen molar-refractivity contribution in [3.8, 4) is 5.75 Å². The number of rotatable bonds is 6. The van der Waals surface area contributed by atoms with Crippen molar-refractivity contribution >= 4 is 29.9 Å². The fourth-order valence-electron chi connectivity index (χ4n) is 2.58. The van der Waals surface area contributed by atoms with Gasteiger partial charge in [0.05, 0.1) is 12.8 Å². The van der Waals surface area contributed by atoms with Crippen molar-refractivity contribution in [2.75, 3.05) is 20.7 Å². The van der Waals surface area contributed by atoms with E-state index < -0.39 is 0 Å². The molecule has 7 heteroatoms. The topological polar surface area (TPSA) is 63.5 Å². The van der Waals surface area contributed by atoms with Crippen LogP contribution < -0.4 is 15.4 Å². The Morgan fingerprint density at radius 3 is 2.40 bits per heavy atom. The molecule has 0 aliphatic rings. The molecule has 0 spiro atoms. The van der Waals surface area contributed by atoms with Crippen molar-refractivity contribution in [2.24, 2.45) is 12.0 Å². The van der Waals surface area contributed by atoms with Gasteiger partial charge in [0.15, 0.2) is 5.96 Å².